The minimum absolute atomic E-state index is 0.178. The fourth-order valence-corrected chi connectivity index (χ4v) is 4.37. The van der Waals surface area contributed by atoms with Crippen LogP contribution >= 0.6 is 41.2 Å². The molecule has 1 fully saturated rings. The van der Waals surface area contributed by atoms with Gasteiger partial charge in [0.05, 0.1) is 0 Å². The number of carbonyl (C=O) groups is 3. The van der Waals surface area contributed by atoms with Crippen molar-refractivity contribution in [2.75, 3.05) is 26.2 Å². The molecule has 1 saturated heterocycles. The number of barbiturate groups is 1. The Balaban J connectivity index is 1.84. The summed E-state index contributed by atoms with van der Waals surface area (Å²) in [6.45, 7) is 10.0. The summed E-state index contributed by atoms with van der Waals surface area (Å²) in [5.74, 6) is -0.348. The first-order valence-corrected chi connectivity index (χ1v) is 14.2. The van der Waals surface area contributed by atoms with Crippen molar-refractivity contribution in [2.24, 2.45) is 0 Å². The number of ether oxygens (including phenoxy) is 1. The van der Waals surface area contributed by atoms with Gasteiger partial charge < -0.3 is 15.4 Å². The van der Waals surface area contributed by atoms with E-state index < -0.39 is 23.4 Å². The molecule has 39 heavy (non-hydrogen) atoms. The maximum absolute atomic E-state index is 13.3. The van der Waals surface area contributed by atoms with Crippen LogP contribution in [0, 0.1) is 0 Å². The summed E-state index contributed by atoms with van der Waals surface area (Å²) in [5, 5.41) is 14.5. The number of benzene rings is 2. The van der Waals surface area contributed by atoms with E-state index in [1.807, 2.05) is 52.0 Å². The van der Waals surface area contributed by atoms with Crippen LogP contribution in [0.15, 0.2) is 53.0 Å². The van der Waals surface area contributed by atoms with Crippen LogP contribution in [0.4, 0.5) is 4.79 Å². The van der Waals surface area contributed by atoms with E-state index in [2.05, 4.69) is 67.8 Å². The number of hydrogen-bond donors (Lipinski definition) is 7. The van der Waals surface area contributed by atoms with Crippen molar-refractivity contribution in [3.05, 3.63) is 58.6 Å². The Morgan fingerprint density at radius 3 is 1.87 bits per heavy atom. The van der Waals surface area contributed by atoms with E-state index in [9.17, 15) is 14.4 Å². The molecule has 0 aliphatic carbocycles. The second-order valence-electron chi connectivity index (χ2n) is 10.8. The Kier molecular flexibility index (Phi) is 10.5. The van der Waals surface area contributed by atoms with Gasteiger partial charge in [0.2, 0.25) is 5.54 Å². The number of halogens is 1. The summed E-state index contributed by atoms with van der Waals surface area (Å²) in [6, 6.07) is 12.9. The van der Waals surface area contributed by atoms with Crippen molar-refractivity contribution in [1.82, 2.24) is 26.6 Å². The quantitative estimate of drug-likeness (QED) is 0.133. The third-order valence-electron chi connectivity index (χ3n) is 5.86. The molecule has 2 aromatic carbocycles. The van der Waals surface area contributed by atoms with Crippen molar-refractivity contribution in [1.29, 1.82) is 0 Å². The zero-order valence-corrected chi connectivity index (χ0v) is 25.8. The van der Waals surface area contributed by atoms with Crippen LogP contribution in [-0.2, 0) is 15.1 Å². The van der Waals surface area contributed by atoms with E-state index >= 15 is 0 Å². The van der Waals surface area contributed by atoms with Crippen molar-refractivity contribution < 1.29 is 19.1 Å². The molecule has 9 nitrogen and oxygen atoms in total. The first-order chi connectivity index (χ1) is 18.2. The molecule has 3 rings (SSSR count). The van der Waals surface area contributed by atoms with E-state index in [-0.39, 0.29) is 22.1 Å². The third-order valence-corrected chi connectivity index (χ3v) is 6.70. The van der Waals surface area contributed by atoms with Gasteiger partial charge in [0.25, 0.3) is 11.8 Å². The summed E-state index contributed by atoms with van der Waals surface area (Å²) < 4.78 is 6.31. The van der Waals surface area contributed by atoms with Crippen molar-refractivity contribution in [2.45, 2.75) is 48.8 Å². The number of thiol groups is 2. The molecular formula is C27H36BrN5O4S2. The van der Waals surface area contributed by atoms with Gasteiger partial charge in [-0.15, -0.1) is 0 Å². The number of carbonyl (C=O) groups excluding carboxylic acids is 3. The number of amides is 4. The van der Waals surface area contributed by atoms with Gasteiger partial charge in [0.1, 0.15) is 11.5 Å². The highest BCUT2D eigenvalue weighted by atomic mass is 79.9. The van der Waals surface area contributed by atoms with Crippen LogP contribution in [0.1, 0.15) is 33.3 Å². The SMILES string of the molecule is CC(C)(S)CNCC(CNC1(c2ccc(Oc3ccc(Br)cc3)cc2)C(=O)NC(=O)NC1=O)NCC(C)(C)S. The molecule has 0 spiro atoms. The summed E-state index contributed by atoms with van der Waals surface area (Å²) in [4.78, 5) is 38.5. The minimum atomic E-state index is -1.83. The Morgan fingerprint density at radius 2 is 1.36 bits per heavy atom. The van der Waals surface area contributed by atoms with Gasteiger partial charge in [0, 0.05) is 46.2 Å². The van der Waals surface area contributed by atoms with Crippen LogP contribution in [0.5, 0.6) is 11.5 Å². The molecule has 0 bridgehead atoms. The molecule has 1 aliphatic heterocycles. The average Bonchev–Trinajstić information content (AvgIpc) is 2.82. The number of rotatable bonds is 13. The van der Waals surface area contributed by atoms with Crippen molar-refractivity contribution >= 4 is 59.0 Å². The summed E-state index contributed by atoms with van der Waals surface area (Å²) in [5.41, 5.74) is -1.46. The first-order valence-electron chi connectivity index (χ1n) is 12.5. The second kappa shape index (κ2) is 13.0. The summed E-state index contributed by atoms with van der Waals surface area (Å²) >= 11 is 12.6. The molecule has 1 aliphatic rings. The molecule has 4 amide bonds. The van der Waals surface area contributed by atoms with E-state index in [1.165, 1.54) is 0 Å². The molecule has 1 unspecified atom stereocenters. The molecule has 212 valence electrons. The normalized spacial score (nSPS) is 16.4. The molecule has 12 heteroatoms. The predicted molar refractivity (Wildman–Crippen MR) is 163 cm³/mol. The lowest BCUT2D eigenvalue weighted by atomic mass is 9.86. The molecule has 5 N–H and O–H groups in total. The number of imide groups is 2. The summed E-state index contributed by atoms with van der Waals surface area (Å²) in [6.07, 6.45) is 0. The van der Waals surface area contributed by atoms with Crippen molar-refractivity contribution in [3.8, 4) is 11.5 Å². The monoisotopic (exact) mass is 637 g/mol. The predicted octanol–water partition coefficient (Wildman–Crippen LogP) is 3.36. The van der Waals surface area contributed by atoms with E-state index in [0.717, 1.165) is 4.47 Å². The zero-order chi connectivity index (χ0) is 28.8. The Hall–Kier alpha value is -2.09. The number of urea groups is 1. The van der Waals surface area contributed by atoms with Crippen molar-refractivity contribution in [3.63, 3.8) is 0 Å². The highest BCUT2D eigenvalue weighted by Crippen LogP contribution is 2.29. The van der Waals surface area contributed by atoms with Gasteiger partial charge in [-0.3, -0.25) is 25.5 Å². The van der Waals surface area contributed by atoms with E-state index in [1.54, 1.807) is 24.3 Å². The molecule has 2 aromatic rings. The fourth-order valence-electron chi connectivity index (χ4n) is 3.90. The van der Waals surface area contributed by atoms with Gasteiger partial charge >= 0.3 is 6.03 Å². The van der Waals surface area contributed by atoms with Gasteiger partial charge in [-0.05, 0) is 69.7 Å². The Labute approximate surface area is 248 Å². The minimum Gasteiger partial charge on any atom is -0.457 e. The van der Waals surface area contributed by atoms with Gasteiger partial charge in [-0.1, -0.05) is 28.1 Å². The Morgan fingerprint density at radius 1 is 0.846 bits per heavy atom. The highest BCUT2D eigenvalue weighted by Gasteiger charge is 2.52. The Bertz CT molecular complexity index is 1140. The molecule has 0 saturated carbocycles. The maximum Gasteiger partial charge on any atom is 0.328 e. The van der Waals surface area contributed by atoms with E-state index in [4.69, 9.17) is 4.74 Å². The topological polar surface area (TPSA) is 121 Å². The number of nitrogens with one attached hydrogen (secondary N) is 5. The molecule has 0 radical (unpaired) electrons. The first kappa shape index (κ1) is 31.4. The lowest BCUT2D eigenvalue weighted by Gasteiger charge is -2.37. The lowest BCUT2D eigenvalue weighted by molar-refractivity contribution is -0.140. The average molecular weight is 639 g/mol. The lowest BCUT2D eigenvalue weighted by Crippen LogP contribution is -2.71. The van der Waals surface area contributed by atoms with Crippen LogP contribution in [-0.4, -0.2) is 59.6 Å². The third kappa shape index (κ3) is 9.22. The van der Waals surface area contributed by atoms with E-state index in [0.29, 0.717) is 36.7 Å². The maximum atomic E-state index is 13.3. The second-order valence-corrected chi connectivity index (χ2v) is 14.1. The highest BCUT2D eigenvalue weighted by molar-refractivity contribution is 9.10. The molecule has 1 atom stereocenters. The van der Waals surface area contributed by atoms with Crippen LogP contribution in [0.2, 0.25) is 0 Å². The van der Waals surface area contributed by atoms with Gasteiger partial charge in [-0.25, -0.2) is 4.79 Å². The number of hydrogen-bond acceptors (Lipinski definition) is 9. The summed E-state index contributed by atoms with van der Waals surface area (Å²) in [7, 11) is 0. The molecular weight excluding hydrogens is 602 g/mol. The van der Waals surface area contributed by atoms with Crippen LogP contribution in [0.3, 0.4) is 0 Å². The van der Waals surface area contributed by atoms with Crippen LogP contribution < -0.4 is 31.3 Å². The van der Waals surface area contributed by atoms with Gasteiger partial charge in [-0.2, -0.15) is 25.3 Å². The molecule has 0 aromatic heterocycles. The zero-order valence-electron chi connectivity index (χ0n) is 22.4. The van der Waals surface area contributed by atoms with Gasteiger partial charge in [0.15, 0.2) is 0 Å². The van der Waals surface area contributed by atoms with Crippen LogP contribution in [0.25, 0.3) is 0 Å². The smallest absolute Gasteiger partial charge is 0.328 e. The largest absolute Gasteiger partial charge is 0.457 e. The fraction of sp³-hybridized carbons (Fsp3) is 0.444. The standard InChI is InChI=1S/C27H36BrN5O4S2/c1-25(2,38)15-29-13-19(30-16-26(3,4)39)14-31-27(22(34)32-24(36)33-23(27)35)17-5-9-20(10-6-17)37-21-11-7-18(28)8-12-21/h5-12,19,29-31,38-39H,13-16H2,1-4H3,(H2,32,33,34,35,36). The molecule has 1 heterocycles.